The average Bonchev–Trinajstić information content (AvgIpc) is 2.28. The Morgan fingerprint density at radius 1 is 1.24 bits per heavy atom. The highest BCUT2D eigenvalue weighted by Crippen LogP contribution is 2.19. The second kappa shape index (κ2) is 6.18. The maximum atomic E-state index is 6.45. The summed E-state index contributed by atoms with van der Waals surface area (Å²) in [5, 5.41) is 0. The van der Waals surface area contributed by atoms with Crippen LogP contribution in [0.2, 0.25) is 0 Å². The lowest BCUT2D eigenvalue weighted by Gasteiger charge is -2.33. The Labute approximate surface area is 106 Å². The van der Waals surface area contributed by atoms with E-state index in [4.69, 9.17) is 5.73 Å². The third kappa shape index (κ3) is 4.49. The normalized spacial score (nSPS) is 15.2. The number of nitrogens with zero attached hydrogens (tertiary/aromatic N) is 1. The van der Waals surface area contributed by atoms with Crippen LogP contribution in [0.4, 0.5) is 0 Å². The molecule has 0 aliphatic carbocycles. The van der Waals surface area contributed by atoms with E-state index < -0.39 is 0 Å². The second-order valence-corrected chi connectivity index (χ2v) is 5.51. The van der Waals surface area contributed by atoms with Crippen LogP contribution in [0.3, 0.4) is 0 Å². The highest BCUT2D eigenvalue weighted by Gasteiger charge is 2.23. The molecule has 17 heavy (non-hydrogen) atoms. The lowest BCUT2D eigenvalue weighted by molar-refractivity contribution is 0.205. The van der Waals surface area contributed by atoms with Crippen molar-refractivity contribution in [2.24, 2.45) is 11.7 Å². The SMILES string of the molecule is CCN(CC(C)C)CC(C)(N)c1ccccc1. The summed E-state index contributed by atoms with van der Waals surface area (Å²) in [6, 6.07) is 10.4. The van der Waals surface area contributed by atoms with E-state index in [1.54, 1.807) is 0 Å². The van der Waals surface area contributed by atoms with Gasteiger partial charge >= 0.3 is 0 Å². The lowest BCUT2D eigenvalue weighted by Crippen LogP contribution is -2.46. The van der Waals surface area contributed by atoms with E-state index in [0.29, 0.717) is 5.92 Å². The van der Waals surface area contributed by atoms with Crippen LogP contribution in [0.15, 0.2) is 30.3 Å². The molecule has 0 radical (unpaired) electrons. The van der Waals surface area contributed by atoms with Gasteiger partial charge in [0.05, 0.1) is 5.54 Å². The van der Waals surface area contributed by atoms with Crippen LogP contribution in [-0.4, -0.2) is 24.5 Å². The molecule has 0 heterocycles. The van der Waals surface area contributed by atoms with Gasteiger partial charge in [-0.15, -0.1) is 0 Å². The minimum atomic E-state index is -0.272. The van der Waals surface area contributed by atoms with Gasteiger partial charge in [0.1, 0.15) is 0 Å². The molecule has 1 unspecified atom stereocenters. The largest absolute Gasteiger partial charge is 0.321 e. The summed E-state index contributed by atoms with van der Waals surface area (Å²) >= 11 is 0. The summed E-state index contributed by atoms with van der Waals surface area (Å²) in [6.45, 7) is 11.9. The van der Waals surface area contributed by atoms with Crippen LogP contribution in [0.5, 0.6) is 0 Å². The van der Waals surface area contributed by atoms with E-state index in [2.05, 4.69) is 56.9 Å². The quantitative estimate of drug-likeness (QED) is 0.820. The number of nitrogens with two attached hydrogens (primary N) is 1. The van der Waals surface area contributed by atoms with Gasteiger partial charge in [-0.1, -0.05) is 51.1 Å². The molecule has 0 aliphatic rings. The van der Waals surface area contributed by atoms with Crippen molar-refractivity contribution in [2.75, 3.05) is 19.6 Å². The molecule has 0 aromatic heterocycles. The van der Waals surface area contributed by atoms with Crippen LogP contribution in [-0.2, 0) is 5.54 Å². The predicted octanol–water partition coefficient (Wildman–Crippen LogP) is 2.84. The van der Waals surface area contributed by atoms with E-state index in [1.165, 1.54) is 5.56 Å². The Morgan fingerprint density at radius 3 is 2.29 bits per heavy atom. The summed E-state index contributed by atoms with van der Waals surface area (Å²) in [5.74, 6) is 0.682. The van der Waals surface area contributed by atoms with Crippen molar-refractivity contribution in [1.82, 2.24) is 4.90 Å². The molecule has 0 amide bonds. The Balaban J connectivity index is 2.71. The molecule has 1 aromatic rings. The van der Waals surface area contributed by atoms with Crippen molar-refractivity contribution < 1.29 is 0 Å². The number of benzene rings is 1. The third-order valence-corrected chi connectivity index (χ3v) is 3.06. The van der Waals surface area contributed by atoms with Gasteiger partial charge in [-0.3, -0.25) is 0 Å². The zero-order valence-electron chi connectivity index (χ0n) is 11.6. The second-order valence-electron chi connectivity index (χ2n) is 5.51. The Bertz CT molecular complexity index is 317. The van der Waals surface area contributed by atoms with Crippen LogP contribution < -0.4 is 5.73 Å². The number of hydrogen-bond acceptors (Lipinski definition) is 2. The van der Waals surface area contributed by atoms with E-state index in [1.807, 2.05) is 6.07 Å². The molecule has 0 saturated heterocycles. The van der Waals surface area contributed by atoms with Crippen molar-refractivity contribution in [3.63, 3.8) is 0 Å². The van der Waals surface area contributed by atoms with Gasteiger partial charge in [0.25, 0.3) is 0 Å². The summed E-state index contributed by atoms with van der Waals surface area (Å²) < 4.78 is 0. The minimum Gasteiger partial charge on any atom is -0.321 e. The van der Waals surface area contributed by atoms with Crippen LogP contribution >= 0.6 is 0 Å². The van der Waals surface area contributed by atoms with E-state index >= 15 is 0 Å². The van der Waals surface area contributed by atoms with Gasteiger partial charge in [-0.2, -0.15) is 0 Å². The molecule has 1 aromatic carbocycles. The van der Waals surface area contributed by atoms with Crippen molar-refractivity contribution in [3.8, 4) is 0 Å². The van der Waals surface area contributed by atoms with Crippen molar-refractivity contribution in [1.29, 1.82) is 0 Å². The molecule has 2 N–H and O–H groups in total. The first-order valence-corrected chi connectivity index (χ1v) is 6.52. The fourth-order valence-electron chi connectivity index (χ4n) is 2.20. The molecule has 0 fully saturated rings. The zero-order chi connectivity index (χ0) is 12.9. The number of likely N-dealkylation sites (N-methyl/N-ethyl adjacent to an activating group) is 1. The first kappa shape index (κ1) is 14.2. The van der Waals surface area contributed by atoms with Gasteiger partial charge in [-0.25, -0.2) is 0 Å². The third-order valence-electron chi connectivity index (χ3n) is 3.06. The van der Waals surface area contributed by atoms with Gasteiger partial charge < -0.3 is 10.6 Å². The first-order chi connectivity index (χ1) is 7.95. The van der Waals surface area contributed by atoms with E-state index in [0.717, 1.165) is 19.6 Å². The van der Waals surface area contributed by atoms with E-state index in [9.17, 15) is 0 Å². The maximum Gasteiger partial charge on any atom is 0.0509 e. The first-order valence-electron chi connectivity index (χ1n) is 6.52. The smallest absolute Gasteiger partial charge is 0.0509 e. The standard InChI is InChI=1S/C15H26N2/c1-5-17(11-13(2)3)12-15(4,16)14-9-7-6-8-10-14/h6-10,13H,5,11-12,16H2,1-4H3. The minimum absolute atomic E-state index is 0.272. The molecule has 1 atom stereocenters. The van der Waals surface area contributed by atoms with Crippen molar-refractivity contribution in [2.45, 2.75) is 33.2 Å². The summed E-state index contributed by atoms with van der Waals surface area (Å²) in [5.41, 5.74) is 7.39. The van der Waals surface area contributed by atoms with Crippen LogP contribution in [0, 0.1) is 5.92 Å². The Kier molecular flexibility index (Phi) is 5.16. The van der Waals surface area contributed by atoms with E-state index in [-0.39, 0.29) is 5.54 Å². The Hall–Kier alpha value is -0.860. The van der Waals surface area contributed by atoms with Crippen LogP contribution in [0.25, 0.3) is 0 Å². The van der Waals surface area contributed by atoms with Crippen molar-refractivity contribution in [3.05, 3.63) is 35.9 Å². The Morgan fingerprint density at radius 2 is 1.82 bits per heavy atom. The van der Waals surface area contributed by atoms with Gasteiger partial charge in [-0.05, 0) is 24.9 Å². The van der Waals surface area contributed by atoms with Crippen molar-refractivity contribution >= 4 is 0 Å². The van der Waals surface area contributed by atoms with Gasteiger partial charge in [0.15, 0.2) is 0 Å². The number of hydrogen-bond donors (Lipinski definition) is 1. The molecule has 0 bridgehead atoms. The molecule has 0 aliphatic heterocycles. The van der Waals surface area contributed by atoms with Gasteiger partial charge in [0.2, 0.25) is 0 Å². The predicted molar refractivity (Wildman–Crippen MR) is 74.9 cm³/mol. The highest BCUT2D eigenvalue weighted by molar-refractivity contribution is 5.23. The fourth-order valence-corrected chi connectivity index (χ4v) is 2.20. The molecular weight excluding hydrogens is 208 g/mol. The molecule has 0 saturated carbocycles. The van der Waals surface area contributed by atoms with Crippen LogP contribution in [0.1, 0.15) is 33.3 Å². The zero-order valence-corrected chi connectivity index (χ0v) is 11.6. The molecule has 0 spiro atoms. The molecular formula is C15H26N2. The fraction of sp³-hybridized carbons (Fsp3) is 0.600. The molecule has 96 valence electrons. The maximum absolute atomic E-state index is 6.45. The van der Waals surface area contributed by atoms with Gasteiger partial charge in [0, 0.05) is 13.1 Å². The molecule has 2 nitrogen and oxygen atoms in total. The average molecular weight is 234 g/mol. The summed E-state index contributed by atoms with van der Waals surface area (Å²) in [6.07, 6.45) is 0. The summed E-state index contributed by atoms with van der Waals surface area (Å²) in [4.78, 5) is 2.43. The molecule has 2 heteroatoms. The number of rotatable bonds is 6. The lowest BCUT2D eigenvalue weighted by atomic mass is 9.92. The monoisotopic (exact) mass is 234 g/mol. The molecule has 1 rings (SSSR count). The highest BCUT2D eigenvalue weighted by atomic mass is 15.1. The topological polar surface area (TPSA) is 29.3 Å². The summed E-state index contributed by atoms with van der Waals surface area (Å²) in [7, 11) is 0.